The molecule has 1 fully saturated rings. The zero-order chi connectivity index (χ0) is 19.2. The maximum atomic E-state index is 13.3. The molecule has 0 aromatic rings. The van der Waals surface area contributed by atoms with E-state index in [4.69, 9.17) is 4.74 Å². The number of carbonyl (C=O) groups excluding carboxylic acids is 1. The molecule has 148 valence electrons. The number of aliphatic hydroxyl groups is 1. The van der Waals surface area contributed by atoms with Crippen molar-refractivity contribution in [2.75, 3.05) is 13.6 Å². The minimum absolute atomic E-state index is 0.0133. The molecule has 2 rings (SSSR count). The molecule has 2 aliphatic rings. The molecule has 4 heteroatoms. The summed E-state index contributed by atoms with van der Waals surface area (Å²) in [5.74, 6) is -0.646. The van der Waals surface area contributed by atoms with Crippen LogP contribution in [-0.2, 0) is 9.53 Å². The highest BCUT2D eigenvalue weighted by Crippen LogP contribution is 2.43. The number of nitrogens with one attached hydrogen (secondary N) is 1. The van der Waals surface area contributed by atoms with E-state index in [1.807, 2.05) is 31.4 Å². The summed E-state index contributed by atoms with van der Waals surface area (Å²) >= 11 is 0. The highest BCUT2D eigenvalue weighted by atomic mass is 16.6. The molecule has 0 heterocycles. The molecule has 0 aromatic heterocycles. The summed E-state index contributed by atoms with van der Waals surface area (Å²) in [5, 5.41) is 14.8. The summed E-state index contributed by atoms with van der Waals surface area (Å²) in [6.07, 6.45) is 14.3. The molecule has 0 amide bonds. The number of hydrogen-bond acceptors (Lipinski definition) is 4. The fraction of sp³-hybridized carbons (Fsp3) is 0.773. The lowest BCUT2D eigenvalue weighted by atomic mass is 9.73. The van der Waals surface area contributed by atoms with E-state index in [9.17, 15) is 9.90 Å². The molecule has 0 bridgehead atoms. The first-order valence-electron chi connectivity index (χ1n) is 10.3. The van der Waals surface area contributed by atoms with E-state index in [0.717, 1.165) is 38.5 Å². The van der Waals surface area contributed by atoms with Gasteiger partial charge in [-0.15, -0.1) is 0 Å². The zero-order valence-corrected chi connectivity index (χ0v) is 17.0. The topological polar surface area (TPSA) is 58.6 Å². The number of rotatable bonds is 9. The Kier molecular flexibility index (Phi) is 7.48. The van der Waals surface area contributed by atoms with Crippen LogP contribution in [0.3, 0.4) is 0 Å². The third-order valence-electron chi connectivity index (χ3n) is 6.26. The Morgan fingerprint density at radius 3 is 2.54 bits per heavy atom. The Bertz CT molecular complexity index is 519. The molecule has 4 nitrogen and oxygen atoms in total. The fourth-order valence-electron chi connectivity index (χ4n) is 4.59. The zero-order valence-electron chi connectivity index (χ0n) is 17.0. The number of esters is 1. The van der Waals surface area contributed by atoms with Gasteiger partial charge in [0.25, 0.3) is 0 Å². The smallest absolute Gasteiger partial charge is 0.339 e. The van der Waals surface area contributed by atoms with Gasteiger partial charge in [0, 0.05) is 17.9 Å². The second-order valence-corrected chi connectivity index (χ2v) is 8.65. The molecule has 3 atom stereocenters. The van der Waals surface area contributed by atoms with Crippen molar-refractivity contribution in [1.82, 2.24) is 5.32 Å². The van der Waals surface area contributed by atoms with E-state index in [1.54, 1.807) is 0 Å². The molecule has 0 spiro atoms. The minimum atomic E-state index is -1.42. The fourth-order valence-corrected chi connectivity index (χ4v) is 4.59. The number of likely N-dealkylation sites (N-methyl/N-ethyl adjacent to an activating group) is 1. The lowest BCUT2D eigenvalue weighted by molar-refractivity contribution is -0.189. The first kappa shape index (κ1) is 21.2. The van der Waals surface area contributed by atoms with Crippen molar-refractivity contribution in [1.29, 1.82) is 0 Å². The second-order valence-electron chi connectivity index (χ2n) is 8.65. The maximum Gasteiger partial charge on any atom is 0.339 e. The van der Waals surface area contributed by atoms with Gasteiger partial charge in [0.2, 0.25) is 0 Å². The van der Waals surface area contributed by atoms with Crippen molar-refractivity contribution in [3.05, 3.63) is 24.3 Å². The van der Waals surface area contributed by atoms with Gasteiger partial charge in [-0.05, 0) is 38.6 Å². The van der Waals surface area contributed by atoms with Crippen molar-refractivity contribution < 1.29 is 14.6 Å². The quantitative estimate of drug-likeness (QED) is 0.608. The largest absolute Gasteiger partial charge is 0.458 e. The van der Waals surface area contributed by atoms with E-state index in [-0.39, 0.29) is 23.4 Å². The van der Waals surface area contributed by atoms with Crippen molar-refractivity contribution >= 4 is 5.97 Å². The summed E-state index contributed by atoms with van der Waals surface area (Å²) in [6.45, 7) is 7.03. The van der Waals surface area contributed by atoms with Crippen LogP contribution in [0.5, 0.6) is 0 Å². The summed E-state index contributed by atoms with van der Waals surface area (Å²) in [7, 11) is 1.88. The molecular formula is C22H37NO3. The van der Waals surface area contributed by atoms with Gasteiger partial charge in [-0.3, -0.25) is 0 Å². The average Bonchev–Trinajstić information content (AvgIpc) is 3.16. The third-order valence-corrected chi connectivity index (χ3v) is 6.26. The number of carbonyl (C=O) groups is 1. The van der Waals surface area contributed by atoms with Crippen molar-refractivity contribution in [2.45, 2.75) is 77.4 Å². The van der Waals surface area contributed by atoms with Crippen LogP contribution in [0.2, 0.25) is 0 Å². The van der Waals surface area contributed by atoms with Crippen LogP contribution in [0.15, 0.2) is 24.3 Å². The van der Waals surface area contributed by atoms with Crippen molar-refractivity contribution in [3.63, 3.8) is 0 Å². The summed E-state index contributed by atoms with van der Waals surface area (Å²) in [6, 6.07) is 0. The molecule has 0 aromatic carbocycles. The van der Waals surface area contributed by atoms with Gasteiger partial charge in [-0.1, -0.05) is 64.3 Å². The highest BCUT2D eigenvalue weighted by Gasteiger charge is 2.52. The minimum Gasteiger partial charge on any atom is -0.458 e. The molecule has 2 aliphatic carbocycles. The van der Waals surface area contributed by atoms with E-state index >= 15 is 0 Å². The third kappa shape index (κ3) is 4.58. The molecule has 26 heavy (non-hydrogen) atoms. The van der Waals surface area contributed by atoms with Crippen LogP contribution in [0.4, 0.5) is 0 Å². The maximum absolute atomic E-state index is 13.3. The van der Waals surface area contributed by atoms with Crippen LogP contribution in [0.1, 0.15) is 65.7 Å². The molecule has 1 unspecified atom stereocenters. The van der Waals surface area contributed by atoms with Crippen LogP contribution < -0.4 is 5.32 Å². The molecule has 2 N–H and O–H groups in total. The second kappa shape index (κ2) is 9.18. The van der Waals surface area contributed by atoms with Gasteiger partial charge in [-0.2, -0.15) is 0 Å². The van der Waals surface area contributed by atoms with Gasteiger partial charge in [-0.25, -0.2) is 4.79 Å². The molecule has 1 saturated carbocycles. The van der Waals surface area contributed by atoms with Gasteiger partial charge in [0.1, 0.15) is 6.10 Å². The van der Waals surface area contributed by atoms with Gasteiger partial charge >= 0.3 is 5.97 Å². The Hall–Kier alpha value is -1.13. The predicted octanol–water partition coefficient (Wildman–Crippen LogP) is 4.00. The Balaban J connectivity index is 2.24. The van der Waals surface area contributed by atoms with E-state index < -0.39 is 11.6 Å². The Morgan fingerprint density at radius 1 is 1.31 bits per heavy atom. The number of hydrogen-bond donors (Lipinski definition) is 2. The normalized spacial score (nSPS) is 24.4. The average molecular weight is 364 g/mol. The Labute approximate surface area is 159 Å². The highest BCUT2D eigenvalue weighted by molar-refractivity contribution is 5.81. The van der Waals surface area contributed by atoms with Gasteiger partial charge in [0.05, 0.1) is 0 Å². The van der Waals surface area contributed by atoms with E-state index in [0.29, 0.717) is 13.0 Å². The van der Waals surface area contributed by atoms with E-state index in [2.05, 4.69) is 26.1 Å². The lowest BCUT2D eigenvalue weighted by Crippen LogP contribution is -2.54. The predicted molar refractivity (Wildman–Crippen MR) is 106 cm³/mol. The number of ether oxygens (including phenoxy) is 1. The van der Waals surface area contributed by atoms with Crippen molar-refractivity contribution in [2.24, 2.45) is 17.3 Å². The van der Waals surface area contributed by atoms with Gasteiger partial charge < -0.3 is 15.2 Å². The summed E-state index contributed by atoms with van der Waals surface area (Å²) < 4.78 is 6.03. The van der Waals surface area contributed by atoms with Crippen LogP contribution in [0, 0.1) is 17.3 Å². The van der Waals surface area contributed by atoms with Crippen LogP contribution >= 0.6 is 0 Å². The SMILES string of the molecule is CCCC(C)(C)[C@@H](CNC)OC(=O)C(O)(C1CCCC1)[C@@H]1C=CC=CC1. The van der Waals surface area contributed by atoms with Crippen LogP contribution in [-0.4, -0.2) is 36.4 Å². The summed E-state index contributed by atoms with van der Waals surface area (Å²) in [4.78, 5) is 13.3. The van der Waals surface area contributed by atoms with Crippen molar-refractivity contribution in [3.8, 4) is 0 Å². The van der Waals surface area contributed by atoms with Gasteiger partial charge in [0.15, 0.2) is 5.60 Å². The molecule has 0 saturated heterocycles. The first-order chi connectivity index (χ1) is 12.4. The number of allylic oxidation sites excluding steroid dienone is 3. The molecular weight excluding hydrogens is 326 g/mol. The van der Waals surface area contributed by atoms with E-state index in [1.165, 1.54) is 0 Å². The molecule has 0 aliphatic heterocycles. The Morgan fingerprint density at radius 2 is 2.00 bits per heavy atom. The molecule has 0 radical (unpaired) electrons. The van der Waals surface area contributed by atoms with Crippen LogP contribution in [0.25, 0.3) is 0 Å². The monoisotopic (exact) mass is 363 g/mol. The summed E-state index contributed by atoms with van der Waals surface area (Å²) in [5.41, 5.74) is -1.56. The standard InChI is InChI=1S/C22H37NO3/c1-5-15-21(2,3)19(16-23-4)26-20(24)22(25,18-13-9-10-14-18)17-11-7-6-8-12-17/h6-8,11,17-19,23,25H,5,9-10,12-16H2,1-4H3/t17-,19-,22?/m1/s1. The first-order valence-corrected chi connectivity index (χ1v) is 10.3. The lowest BCUT2D eigenvalue weighted by Gasteiger charge is -2.41.